The van der Waals surface area contributed by atoms with E-state index in [4.69, 9.17) is 16.3 Å². The van der Waals surface area contributed by atoms with Crippen molar-refractivity contribution in [3.8, 4) is 16.3 Å². The molecule has 5 nitrogen and oxygen atoms in total. The number of hydrogen-bond donors (Lipinski definition) is 1. The number of para-hydroxylation sites is 1. The van der Waals surface area contributed by atoms with Crippen LogP contribution in [0.2, 0.25) is 5.02 Å². The largest absolute Gasteiger partial charge is 0.479 e. The van der Waals surface area contributed by atoms with Gasteiger partial charge in [-0.2, -0.15) is 0 Å². The first-order valence-electron chi connectivity index (χ1n) is 7.78. The van der Waals surface area contributed by atoms with Gasteiger partial charge in [0.25, 0.3) is 5.91 Å². The minimum absolute atomic E-state index is 0.279. The normalized spacial score (nSPS) is 11.8. The number of halogens is 1. The third-order valence-electron chi connectivity index (χ3n) is 3.44. The van der Waals surface area contributed by atoms with Crippen LogP contribution in [-0.4, -0.2) is 22.2 Å². The number of aromatic nitrogens is 2. The number of nitrogens with zero attached hydrogens (tertiary/aromatic N) is 2. The average molecular weight is 374 g/mol. The molecule has 0 fully saturated rings. The van der Waals surface area contributed by atoms with Gasteiger partial charge < -0.3 is 4.74 Å². The van der Waals surface area contributed by atoms with E-state index in [1.54, 1.807) is 12.1 Å². The molecule has 128 valence electrons. The van der Waals surface area contributed by atoms with Gasteiger partial charge in [0.2, 0.25) is 5.13 Å². The van der Waals surface area contributed by atoms with Crippen molar-refractivity contribution in [1.29, 1.82) is 0 Å². The summed E-state index contributed by atoms with van der Waals surface area (Å²) in [5.74, 6) is 0.201. The second-order valence-corrected chi connectivity index (χ2v) is 6.60. The fourth-order valence-corrected chi connectivity index (χ4v) is 3.11. The first-order chi connectivity index (χ1) is 12.2. The number of anilines is 1. The average Bonchev–Trinajstić information content (AvgIpc) is 3.10. The van der Waals surface area contributed by atoms with E-state index in [0.717, 1.165) is 10.6 Å². The molecule has 0 saturated heterocycles. The zero-order valence-corrected chi connectivity index (χ0v) is 15.1. The fraction of sp³-hybridized carbons (Fsp3) is 0.167. The first-order valence-corrected chi connectivity index (χ1v) is 8.97. The minimum atomic E-state index is -0.663. The van der Waals surface area contributed by atoms with E-state index < -0.39 is 6.10 Å². The predicted molar refractivity (Wildman–Crippen MR) is 100 cm³/mol. The monoisotopic (exact) mass is 373 g/mol. The number of benzene rings is 2. The summed E-state index contributed by atoms with van der Waals surface area (Å²) in [5.41, 5.74) is 0.958. The molecule has 1 aromatic heterocycles. The van der Waals surface area contributed by atoms with Crippen LogP contribution in [0.3, 0.4) is 0 Å². The lowest BCUT2D eigenvalue weighted by atomic mass is 10.2. The molecular formula is C18H16ClN3O2S. The van der Waals surface area contributed by atoms with Crippen molar-refractivity contribution < 1.29 is 9.53 Å². The summed E-state index contributed by atoms with van der Waals surface area (Å²) in [5, 5.41) is 12.6. The highest BCUT2D eigenvalue weighted by Gasteiger charge is 2.21. The Morgan fingerprint density at radius 1 is 1.16 bits per heavy atom. The summed E-state index contributed by atoms with van der Waals surface area (Å²) in [6.45, 7) is 1.87. The predicted octanol–water partition coefficient (Wildman–Crippen LogP) is 4.65. The van der Waals surface area contributed by atoms with Crippen LogP contribution in [0.4, 0.5) is 5.13 Å². The maximum Gasteiger partial charge on any atom is 0.267 e. The summed E-state index contributed by atoms with van der Waals surface area (Å²) in [6, 6.07) is 16.8. The zero-order valence-electron chi connectivity index (χ0n) is 13.5. The van der Waals surface area contributed by atoms with Crippen LogP contribution in [-0.2, 0) is 4.79 Å². The third kappa shape index (κ3) is 4.35. The molecule has 3 rings (SSSR count). The van der Waals surface area contributed by atoms with Crippen LogP contribution in [0.5, 0.6) is 5.75 Å². The van der Waals surface area contributed by atoms with E-state index in [2.05, 4.69) is 15.5 Å². The van der Waals surface area contributed by atoms with E-state index in [0.29, 0.717) is 22.3 Å². The van der Waals surface area contributed by atoms with Crippen LogP contribution in [0.15, 0.2) is 54.6 Å². The first kappa shape index (κ1) is 17.4. The number of rotatable bonds is 6. The maximum atomic E-state index is 12.5. The molecule has 0 radical (unpaired) electrons. The van der Waals surface area contributed by atoms with Gasteiger partial charge in [0, 0.05) is 5.56 Å². The van der Waals surface area contributed by atoms with E-state index in [1.807, 2.05) is 49.4 Å². The van der Waals surface area contributed by atoms with Crippen molar-refractivity contribution in [3.63, 3.8) is 0 Å². The van der Waals surface area contributed by atoms with Gasteiger partial charge in [-0.15, -0.1) is 10.2 Å². The molecule has 1 heterocycles. The molecule has 1 atom stereocenters. The molecule has 0 aliphatic rings. The third-order valence-corrected chi connectivity index (χ3v) is 4.64. The summed E-state index contributed by atoms with van der Waals surface area (Å²) < 4.78 is 5.73. The molecule has 2 aromatic carbocycles. The van der Waals surface area contributed by atoms with Crippen LogP contribution >= 0.6 is 22.9 Å². The Bertz CT molecular complexity index is 854. The van der Waals surface area contributed by atoms with Crippen LogP contribution < -0.4 is 10.1 Å². The molecule has 1 N–H and O–H groups in total. The van der Waals surface area contributed by atoms with Gasteiger partial charge in [-0.1, -0.05) is 72.3 Å². The Hall–Kier alpha value is -2.44. The van der Waals surface area contributed by atoms with Gasteiger partial charge in [0.15, 0.2) is 6.10 Å². The van der Waals surface area contributed by atoms with Crippen LogP contribution in [0.1, 0.15) is 13.3 Å². The molecule has 0 bridgehead atoms. The summed E-state index contributed by atoms with van der Waals surface area (Å²) in [4.78, 5) is 12.5. The van der Waals surface area contributed by atoms with Crippen molar-refractivity contribution in [2.75, 3.05) is 5.32 Å². The van der Waals surface area contributed by atoms with Crippen molar-refractivity contribution in [2.24, 2.45) is 0 Å². The highest BCUT2D eigenvalue weighted by atomic mass is 35.5. The van der Waals surface area contributed by atoms with Crippen molar-refractivity contribution >= 4 is 34.0 Å². The Labute approximate surface area is 154 Å². The molecule has 0 aliphatic carbocycles. The molecule has 0 unspecified atom stereocenters. The molecule has 1 amide bonds. The topological polar surface area (TPSA) is 64.1 Å². The van der Waals surface area contributed by atoms with Gasteiger partial charge >= 0.3 is 0 Å². The molecule has 3 aromatic rings. The van der Waals surface area contributed by atoms with E-state index >= 15 is 0 Å². The Kier molecular flexibility index (Phi) is 5.63. The quantitative estimate of drug-likeness (QED) is 0.682. The van der Waals surface area contributed by atoms with Crippen molar-refractivity contribution in [2.45, 2.75) is 19.4 Å². The minimum Gasteiger partial charge on any atom is -0.479 e. The molecule has 25 heavy (non-hydrogen) atoms. The summed E-state index contributed by atoms with van der Waals surface area (Å²) in [7, 11) is 0. The number of ether oxygens (including phenoxy) is 1. The SMILES string of the molecule is CC[C@H](Oc1ccccc1Cl)C(=O)Nc1nnc(-c2ccccc2)s1. The van der Waals surface area contributed by atoms with E-state index in [9.17, 15) is 4.79 Å². The highest BCUT2D eigenvalue weighted by molar-refractivity contribution is 7.18. The van der Waals surface area contributed by atoms with Gasteiger partial charge in [0.05, 0.1) is 5.02 Å². The number of carbonyl (C=O) groups excluding carboxylic acids is 1. The van der Waals surface area contributed by atoms with E-state index in [1.165, 1.54) is 11.3 Å². The van der Waals surface area contributed by atoms with Gasteiger partial charge in [0.1, 0.15) is 10.8 Å². The Morgan fingerprint density at radius 3 is 2.60 bits per heavy atom. The molecule has 0 saturated carbocycles. The lowest BCUT2D eigenvalue weighted by Gasteiger charge is -2.17. The number of amides is 1. The van der Waals surface area contributed by atoms with E-state index in [-0.39, 0.29) is 5.91 Å². The number of carbonyl (C=O) groups is 1. The van der Waals surface area contributed by atoms with Crippen LogP contribution in [0.25, 0.3) is 10.6 Å². The second kappa shape index (κ2) is 8.09. The van der Waals surface area contributed by atoms with Crippen molar-refractivity contribution in [3.05, 3.63) is 59.6 Å². The molecule has 0 spiro atoms. The lowest BCUT2D eigenvalue weighted by molar-refractivity contribution is -0.122. The molecular weight excluding hydrogens is 358 g/mol. The Morgan fingerprint density at radius 2 is 1.88 bits per heavy atom. The number of hydrogen-bond acceptors (Lipinski definition) is 5. The summed E-state index contributed by atoms with van der Waals surface area (Å²) >= 11 is 7.40. The maximum absolute atomic E-state index is 12.5. The van der Waals surface area contributed by atoms with Crippen molar-refractivity contribution in [1.82, 2.24) is 10.2 Å². The second-order valence-electron chi connectivity index (χ2n) is 5.21. The van der Waals surface area contributed by atoms with Gasteiger partial charge in [-0.05, 0) is 18.6 Å². The number of nitrogens with one attached hydrogen (secondary N) is 1. The zero-order chi connectivity index (χ0) is 17.6. The fourth-order valence-electron chi connectivity index (χ4n) is 2.17. The summed E-state index contributed by atoms with van der Waals surface area (Å²) in [6.07, 6.45) is -0.162. The highest BCUT2D eigenvalue weighted by Crippen LogP contribution is 2.27. The van der Waals surface area contributed by atoms with Gasteiger partial charge in [-0.3, -0.25) is 10.1 Å². The smallest absolute Gasteiger partial charge is 0.267 e. The van der Waals surface area contributed by atoms with Gasteiger partial charge in [-0.25, -0.2) is 0 Å². The van der Waals surface area contributed by atoms with Crippen LogP contribution in [0, 0.1) is 0 Å². The molecule has 7 heteroatoms. The standard InChI is InChI=1S/C18H16ClN3O2S/c1-2-14(24-15-11-7-6-10-13(15)19)16(23)20-18-22-21-17(25-18)12-8-4-3-5-9-12/h3-11,14H,2H2,1H3,(H,20,22,23)/t14-/m0/s1. The lowest BCUT2D eigenvalue weighted by Crippen LogP contribution is -2.32. The molecule has 0 aliphatic heterocycles. The Balaban J connectivity index is 1.68.